The fourth-order valence-corrected chi connectivity index (χ4v) is 2.46. The number of pyridine rings is 1. The molecule has 2 aromatic rings. The van der Waals surface area contributed by atoms with E-state index in [2.05, 4.69) is 15.4 Å². The van der Waals surface area contributed by atoms with Gasteiger partial charge in [0.15, 0.2) is 6.61 Å². The molecule has 0 aliphatic rings. The molecule has 2 rings (SSSR count). The van der Waals surface area contributed by atoms with Crippen molar-refractivity contribution in [1.82, 2.24) is 9.88 Å². The van der Waals surface area contributed by atoms with Crippen molar-refractivity contribution < 1.29 is 32.3 Å². The van der Waals surface area contributed by atoms with E-state index in [1.165, 1.54) is 0 Å². The number of alkyl halides is 3. The lowest BCUT2D eigenvalue weighted by atomic mass is 10.1. The Morgan fingerprint density at radius 1 is 1.06 bits per heavy atom. The molecule has 0 saturated heterocycles. The third kappa shape index (κ3) is 6.98. The number of benzene rings is 1. The molecular weight excluding hydrogens is 419 g/mol. The number of halogens is 3. The van der Waals surface area contributed by atoms with Gasteiger partial charge in [0.25, 0.3) is 11.5 Å². The molecule has 31 heavy (non-hydrogen) atoms. The molecule has 1 aromatic heterocycles. The summed E-state index contributed by atoms with van der Waals surface area (Å²) in [4.78, 5) is 47.1. The SMILES string of the molecule is Cc1cccc(NC(=O)CNC(=O)COC(=O)Cn2cc(C(F)(F)F)ccc2=O)c1C. The highest BCUT2D eigenvalue weighted by atomic mass is 19.4. The molecule has 0 spiro atoms. The third-order valence-corrected chi connectivity index (χ3v) is 4.30. The number of carbonyl (C=O) groups is 3. The van der Waals surface area contributed by atoms with E-state index in [9.17, 15) is 32.3 Å². The van der Waals surface area contributed by atoms with Crippen LogP contribution >= 0.6 is 0 Å². The number of amides is 2. The Balaban J connectivity index is 1.81. The maximum absolute atomic E-state index is 12.7. The molecule has 1 heterocycles. The first-order chi connectivity index (χ1) is 14.5. The van der Waals surface area contributed by atoms with Crippen molar-refractivity contribution in [3.63, 3.8) is 0 Å². The summed E-state index contributed by atoms with van der Waals surface area (Å²) in [6, 6.07) is 6.64. The maximum atomic E-state index is 12.7. The summed E-state index contributed by atoms with van der Waals surface area (Å²) in [5, 5.41) is 4.89. The lowest BCUT2D eigenvalue weighted by Crippen LogP contribution is -2.36. The number of esters is 1. The van der Waals surface area contributed by atoms with E-state index in [1.54, 1.807) is 12.1 Å². The lowest BCUT2D eigenvalue weighted by molar-refractivity contribution is -0.149. The van der Waals surface area contributed by atoms with Crippen LogP contribution in [0.1, 0.15) is 16.7 Å². The average Bonchev–Trinajstić information content (AvgIpc) is 2.69. The summed E-state index contributed by atoms with van der Waals surface area (Å²) in [5.41, 5.74) is 0.511. The van der Waals surface area contributed by atoms with E-state index in [0.29, 0.717) is 28.6 Å². The number of hydrogen-bond donors (Lipinski definition) is 2. The summed E-state index contributed by atoms with van der Waals surface area (Å²) < 4.78 is 43.3. The predicted molar refractivity (Wildman–Crippen MR) is 104 cm³/mol. The number of anilines is 1. The Hall–Kier alpha value is -3.63. The van der Waals surface area contributed by atoms with Gasteiger partial charge in [-0.1, -0.05) is 12.1 Å². The van der Waals surface area contributed by atoms with Crippen LogP contribution in [0, 0.1) is 13.8 Å². The highest BCUT2D eigenvalue weighted by Crippen LogP contribution is 2.28. The fraction of sp³-hybridized carbons (Fsp3) is 0.300. The zero-order chi connectivity index (χ0) is 23.2. The monoisotopic (exact) mass is 439 g/mol. The van der Waals surface area contributed by atoms with Gasteiger partial charge in [-0.25, -0.2) is 0 Å². The average molecular weight is 439 g/mol. The Morgan fingerprint density at radius 3 is 2.45 bits per heavy atom. The van der Waals surface area contributed by atoms with Crippen LogP contribution in [0.4, 0.5) is 18.9 Å². The molecule has 0 radical (unpaired) electrons. The van der Waals surface area contributed by atoms with Crippen molar-refractivity contribution in [2.75, 3.05) is 18.5 Å². The van der Waals surface area contributed by atoms with Gasteiger partial charge in [-0.15, -0.1) is 0 Å². The number of carbonyl (C=O) groups excluding carboxylic acids is 3. The minimum absolute atomic E-state index is 0.378. The normalized spacial score (nSPS) is 11.0. The summed E-state index contributed by atoms with van der Waals surface area (Å²) in [7, 11) is 0. The van der Waals surface area contributed by atoms with E-state index in [-0.39, 0.29) is 6.54 Å². The molecular formula is C20H20F3N3O5. The largest absolute Gasteiger partial charge is 0.454 e. The van der Waals surface area contributed by atoms with Gasteiger partial charge < -0.3 is 19.9 Å². The van der Waals surface area contributed by atoms with Crippen LogP contribution in [0.25, 0.3) is 0 Å². The topological polar surface area (TPSA) is 106 Å². The molecule has 0 aliphatic carbocycles. The molecule has 8 nitrogen and oxygen atoms in total. The number of nitrogens with zero attached hydrogens (tertiary/aromatic N) is 1. The minimum Gasteiger partial charge on any atom is -0.454 e. The molecule has 2 amide bonds. The zero-order valence-corrected chi connectivity index (χ0v) is 16.7. The number of aryl methyl sites for hydroxylation is 1. The molecule has 2 N–H and O–H groups in total. The molecule has 0 atom stereocenters. The first kappa shape index (κ1) is 23.6. The summed E-state index contributed by atoms with van der Waals surface area (Å²) in [6.45, 7) is 1.77. The van der Waals surface area contributed by atoms with Crippen molar-refractivity contribution >= 4 is 23.5 Å². The van der Waals surface area contributed by atoms with Crippen molar-refractivity contribution in [3.05, 3.63) is 63.6 Å². The second-order valence-electron chi connectivity index (χ2n) is 6.61. The molecule has 1 aromatic carbocycles. The summed E-state index contributed by atoms with van der Waals surface area (Å²) in [6.07, 6.45) is -4.20. The minimum atomic E-state index is -4.68. The van der Waals surface area contributed by atoms with Crippen LogP contribution in [-0.4, -0.2) is 35.5 Å². The smallest absolute Gasteiger partial charge is 0.417 e. The molecule has 0 aliphatic heterocycles. The van der Waals surface area contributed by atoms with Crippen molar-refractivity contribution in [1.29, 1.82) is 0 Å². The van der Waals surface area contributed by atoms with Gasteiger partial charge in [-0.2, -0.15) is 13.2 Å². The summed E-state index contributed by atoms with van der Waals surface area (Å²) >= 11 is 0. The second-order valence-corrected chi connectivity index (χ2v) is 6.61. The Bertz CT molecular complexity index is 1050. The van der Waals surface area contributed by atoms with Gasteiger partial charge in [-0.3, -0.25) is 19.2 Å². The van der Waals surface area contributed by atoms with E-state index in [4.69, 9.17) is 0 Å². The van der Waals surface area contributed by atoms with Gasteiger partial charge in [0.1, 0.15) is 6.54 Å². The van der Waals surface area contributed by atoms with Crippen LogP contribution in [0.2, 0.25) is 0 Å². The zero-order valence-electron chi connectivity index (χ0n) is 16.7. The molecule has 0 unspecified atom stereocenters. The van der Waals surface area contributed by atoms with Crippen molar-refractivity contribution in [2.24, 2.45) is 0 Å². The maximum Gasteiger partial charge on any atom is 0.417 e. The molecule has 0 saturated carbocycles. The van der Waals surface area contributed by atoms with Gasteiger partial charge in [0.2, 0.25) is 5.91 Å². The first-order valence-corrected chi connectivity index (χ1v) is 9.03. The van der Waals surface area contributed by atoms with Crippen LogP contribution in [0.3, 0.4) is 0 Å². The highest BCUT2D eigenvalue weighted by Gasteiger charge is 2.31. The highest BCUT2D eigenvalue weighted by molar-refractivity contribution is 5.95. The Labute approximate surface area is 175 Å². The first-order valence-electron chi connectivity index (χ1n) is 9.03. The van der Waals surface area contributed by atoms with Crippen LogP contribution in [-0.2, 0) is 31.8 Å². The number of aromatic nitrogens is 1. The van der Waals surface area contributed by atoms with E-state index >= 15 is 0 Å². The van der Waals surface area contributed by atoms with Gasteiger partial charge in [0.05, 0.1) is 12.1 Å². The third-order valence-electron chi connectivity index (χ3n) is 4.30. The Kier molecular flexibility index (Phi) is 7.56. The van der Waals surface area contributed by atoms with Crippen molar-refractivity contribution in [2.45, 2.75) is 26.6 Å². The summed E-state index contributed by atoms with van der Waals surface area (Å²) in [5.74, 6) is -2.37. The molecule has 0 bridgehead atoms. The Morgan fingerprint density at radius 2 is 1.77 bits per heavy atom. The molecule has 0 fully saturated rings. The molecule has 11 heteroatoms. The van der Waals surface area contributed by atoms with Gasteiger partial charge in [0, 0.05) is 18.0 Å². The second kappa shape index (κ2) is 9.92. The number of nitrogens with one attached hydrogen (secondary N) is 2. The quantitative estimate of drug-likeness (QED) is 0.640. The van der Waals surface area contributed by atoms with Gasteiger partial charge >= 0.3 is 12.1 Å². The lowest BCUT2D eigenvalue weighted by Gasteiger charge is -2.12. The number of ether oxygens (including phenoxy) is 1. The number of rotatable bonds is 7. The number of hydrogen-bond acceptors (Lipinski definition) is 5. The van der Waals surface area contributed by atoms with E-state index < -0.39 is 48.2 Å². The van der Waals surface area contributed by atoms with E-state index in [1.807, 2.05) is 19.9 Å². The predicted octanol–water partition coefficient (Wildman–Crippen LogP) is 1.78. The van der Waals surface area contributed by atoms with Crippen LogP contribution < -0.4 is 16.2 Å². The molecule has 166 valence electrons. The van der Waals surface area contributed by atoms with Gasteiger partial charge in [-0.05, 0) is 37.1 Å². The van der Waals surface area contributed by atoms with Crippen molar-refractivity contribution in [3.8, 4) is 0 Å². The fourth-order valence-electron chi connectivity index (χ4n) is 2.46. The van der Waals surface area contributed by atoms with E-state index in [0.717, 1.165) is 11.1 Å². The standard InChI is InChI=1S/C20H20F3N3O5/c1-12-4-3-5-15(13(12)2)25-16(27)8-24-17(28)11-31-19(30)10-26-9-14(20(21,22)23)6-7-18(26)29/h3-7,9H,8,10-11H2,1-2H3,(H,24,28)(H,25,27). The van der Waals surface area contributed by atoms with Crippen LogP contribution in [0.5, 0.6) is 0 Å². The van der Waals surface area contributed by atoms with Crippen LogP contribution in [0.15, 0.2) is 41.3 Å².